The molecular formula is C58H38N4. The van der Waals surface area contributed by atoms with Crippen molar-refractivity contribution < 1.29 is 0 Å². The standard InChI is InChI=1S/C58H38N4/c1-5-16-39(17-6-1)45-28-31-49-50-32-29-46(37-57(50)61(56(49)36-45)47-24-11-4-12-25-47)43-23-15-22-42(34-43)44-30-33-55-51(35-44)48-26-13-14-27-54(48)62(55)58-59-52(40-18-7-2-8-19-40)38-53(60-58)41-20-9-3-10-21-41/h1-38H. The Morgan fingerprint density at radius 3 is 1.29 bits per heavy atom. The zero-order valence-electron chi connectivity index (χ0n) is 33.7. The largest absolute Gasteiger partial charge is 0.309 e. The molecule has 0 bridgehead atoms. The van der Waals surface area contributed by atoms with Crippen molar-refractivity contribution in [2.45, 2.75) is 0 Å². The second-order valence-electron chi connectivity index (χ2n) is 15.8. The van der Waals surface area contributed by atoms with E-state index in [1.165, 1.54) is 44.1 Å². The van der Waals surface area contributed by atoms with E-state index >= 15 is 0 Å². The van der Waals surface area contributed by atoms with Crippen LogP contribution in [0.2, 0.25) is 0 Å². The molecule has 0 aliphatic heterocycles. The Morgan fingerprint density at radius 2 is 0.677 bits per heavy atom. The first-order valence-corrected chi connectivity index (χ1v) is 21.1. The van der Waals surface area contributed by atoms with Gasteiger partial charge < -0.3 is 4.57 Å². The Morgan fingerprint density at radius 1 is 0.242 bits per heavy atom. The molecule has 0 aliphatic carbocycles. The Labute approximate surface area is 359 Å². The van der Waals surface area contributed by atoms with Gasteiger partial charge in [-0.1, -0.05) is 176 Å². The molecule has 0 fully saturated rings. The SMILES string of the molecule is c1ccc(-c2ccc3c4ccc(-c5cccc(-c6ccc7c(c6)c6ccccc6n7-c6nc(-c7ccccc7)cc(-c7ccccc7)n6)c5)cc4n(-c4ccccc4)c3c2)cc1. The molecule has 0 amide bonds. The van der Waals surface area contributed by atoms with Gasteiger partial charge in [0.25, 0.3) is 0 Å². The van der Waals surface area contributed by atoms with Crippen LogP contribution in [0.5, 0.6) is 0 Å². The number of hydrogen-bond donors (Lipinski definition) is 0. The molecule has 0 spiro atoms. The smallest absolute Gasteiger partial charge is 0.235 e. The van der Waals surface area contributed by atoms with Gasteiger partial charge in [-0.3, -0.25) is 4.57 Å². The lowest BCUT2D eigenvalue weighted by Gasteiger charge is -2.12. The van der Waals surface area contributed by atoms with Crippen molar-refractivity contribution in [3.63, 3.8) is 0 Å². The van der Waals surface area contributed by atoms with Crippen molar-refractivity contribution in [1.29, 1.82) is 0 Å². The van der Waals surface area contributed by atoms with Gasteiger partial charge in [0, 0.05) is 38.4 Å². The van der Waals surface area contributed by atoms with E-state index < -0.39 is 0 Å². The average molecular weight is 791 g/mol. The molecule has 62 heavy (non-hydrogen) atoms. The van der Waals surface area contributed by atoms with Crippen LogP contribution in [0.4, 0.5) is 0 Å². The van der Waals surface area contributed by atoms with Crippen LogP contribution < -0.4 is 0 Å². The van der Waals surface area contributed by atoms with Crippen LogP contribution in [-0.4, -0.2) is 19.1 Å². The summed E-state index contributed by atoms with van der Waals surface area (Å²) in [5.74, 6) is 0.644. The molecular weight excluding hydrogens is 753 g/mol. The summed E-state index contributed by atoms with van der Waals surface area (Å²) in [5, 5.41) is 4.79. The number of hydrogen-bond acceptors (Lipinski definition) is 2. The van der Waals surface area contributed by atoms with Gasteiger partial charge in [-0.25, -0.2) is 9.97 Å². The first-order valence-electron chi connectivity index (χ1n) is 21.1. The van der Waals surface area contributed by atoms with Crippen LogP contribution in [0.1, 0.15) is 0 Å². The fraction of sp³-hybridized carbons (Fsp3) is 0. The summed E-state index contributed by atoms with van der Waals surface area (Å²) in [6.45, 7) is 0. The van der Waals surface area contributed by atoms with E-state index in [0.717, 1.165) is 61.1 Å². The molecule has 3 heterocycles. The van der Waals surface area contributed by atoms with Crippen LogP contribution in [0.3, 0.4) is 0 Å². The molecule has 12 rings (SSSR count). The van der Waals surface area contributed by atoms with Crippen molar-refractivity contribution in [1.82, 2.24) is 19.1 Å². The molecule has 4 heteroatoms. The van der Waals surface area contributed by atoms with Crippen LogP contribution in [0.25, 0.3) is 111 Å². The molecule has 0 radical (unpaired) electrons. The predicted molar refractivity (Wildman–Crippen MR) is 258 cm³/mol. The first-order chi connectivity index (χ1) is 30.7. The third kappa shape index (κ3) is 6.08. The van der Waals surface area contributed by atoms with E-state index in [0.29, 0.717) is 5.95 Å². The molecule has 0 saturated carbocycles. The van der Waals surface area contributed by atoms with Crippen LogP contribution in [0, 0.1) is 0 Å². The minimum atomic E-state index is 0.644. The quantitative estimate of drug-likeness (QED) is 0.161. The summed E-state index contributed by atoms with van der Waals surface area (Å²) in [7, 11) is 0. The van der Waals surface area contributed by atoms with Crippen molar-refractivity contribution >= 4 is 43.6 Å². The van der Waals surface area contributed by atoms with Gasteiger partial charge in [0.15, 0.2) is 0 Å². The third-order valence-electron chi connectivity index (χ3n) is 12.1. The molecule has 9 aromatic carbocycles. The van der Waals surface area contributed by atoms with Gasteiger partial charge in [-0.2, -0.15) is 0 Å². The molecule has 0 saturated heterocycles. The molecule has 0 unspecified atom stereocenters. The van der Waals surface area contributed by atoms with Crippen molar-refractivity contribution in [3.05, 3.63) is 231 Å². The topological polar surface area (TPSA) is 35.6 Å². The number of rotatable bonds is 7. The molecule has 3 aromatic heterocycles. The Kier molecular flexibility index (Phi) is 8.46. The number of aromatic nitrogens is 4. The second-order valence-corrected chi connectivity index (χ2v) is 15.8. The lowest BCUT2D eigenvalue weighted by Crippen LogP contribution is -2.03. The van der Waals surface area contributed by atoms with E-state index in [1.807, 2.05) is 12.1 Å². The third-order valence-corrected chi connectivity index (χ3v) is 12.1. The summed E-state index contributed by atoms with van der Waals surface area (Å²) < 4.78 is 4.63. The van der Waals surface area contributed by atoms with E-state index in [4.69, 9.17) is 9.97 Å². The minimum Gasteiger partial charge on any atom is -0.309 e. The number of nitrogens with zero attached hydrogens (tertiary/aromatic N) is 4. The fourth-order valence-electron chi connectivity index (χ4n) is 9.16. The predicted octanol–water partition coefficient (Wildman–Crippen LogP) is 15.0. The van der Waals surface area contributed by atoms with Crippen LogP contribution in [-0.2, 0) is 0 Å². The lowest BCUT2D eigenvalue weighted by atomic mass is 9.97. The normalized spacial score (nSPS) is 11.5. The minimum absolute atomic E-state index is 0.644. The highest BCUT2D eigenvalue weighted by Crippen LogP contribution is 2.39. The highest BCUT2D eigenvalue weighted by Gasteiger charge is 2.19. The summed E-state index contributed by atoms with van der Waals surface area (Å²) in [6.07, 6.45) is 0. The van der Waals surface area contributed by atoms with Gasteiger partial charge in [-0.15, -0.1) is 0 Å². The van der Waals surface area contributed by atoms with Gasteiger partial charge in [0.1, 0.15) is 0 Å². The number of para-hydroxylation sites is 2. The number of benzene rings is 9. The molecule has 0 aliphatic rings. The Bertz CT molecular complexity index is 3550. The zero-order valence-corrected chi connectivity index (χ0v) is 33.7. The summed E-state index contributed by atoms with van der Waals surface area (Å²) in [5.41, 5.74) is 16.6. The maximum absolute atomic E-state index is 5.23. The van der Waals surface area contributed by atoms with Gasteiger partial charge in [0.05, 0.1) is 33.5 Å². The summed E-state index contributed by atoms with van der Waals surface area (Å²) in [6, 6.07) is 82.2. The molecule has 4 nitrogen and oxygen atoms in total. The van der Waals surface area contributed by atoms with Crippen LogP contribution >= 0.6 is 0 Å². The highest BCUT2D eigenvalue weighted by molar-refractivity contribution is 6.12. The maximum atomic E-state index is 5.23. The second kappa shape index (κ2) is 14.7. The Balaban J connectivity index is 0.982. The Hall–Kier alpha value is -8.34. The maximum Gasteiger partial charge on any atom is 0.235 e. The van der Waals surface area contributed by atoms with Crippen molar-refractivity contribution in [3.8, 4) is 67.5 Å². The molecule has 12 aromatic rings. The summed E-state index contributed by atoms with van der Waals surface area (Å²) >= 11 is 0. The number of fused-ring (bicyclic) bond motifs is 6. The van der Waals surface area contributed by atoms with Gasteiger partial charge in [-0.05, 0) is 88.0 Å². The average Bonchev–Trinajstić information content (AvgIpc) is 3.86. The fourth-order valence-corrected chi connectivity index (χ4v) is 9.16. The lowest BCUT2D eigenvalue weighted by molar-refractivity contribution is 0.995. The van der Waals surface area contributed by atoms with Gasteiger partial charge in [0.2, 0.25) is 5.95 Å². The summed E-state index contributed by atoms with van der Waals surface area (Å²) in [4.78, 5) is 10.5. The highest BCUT2D eigenvalue weighted by atomic mass is 15.2. The molecule has 0 N–H and O–H groups in total. The molecule has 290 valence electrons. The van der Waals surface area contributed by atoms with E-state index in [1.54, 1.807) is 0 Å². The molecule has 0 atom stereocenters. The van der Waals surface area contributed by atoms with Crippen molar-refractivity contribution in [2.24, 2.45) is 0 Å². The van der Waals surface area contributed by atoms with Gasteiger partial charge >= 0.3 is 0 Å². The van der Waals surface area contributed by atoms with E-state index in [-0.39, 0.29) is 0 Å². The zero-order chi connectivity index (χ0) is 41.0. The van der Waals surface area contributed by atoms with Crippen molar-refractivity contribution in [2.75, 3.05) is 0 Å². The van der Waals surface area contributed by atoms with E-state index in [2.05, 4.69) is 228 Å². The van der Waals surface area contributed by atoms with Crippen LogP contribution in [0.15, 0.2) is 231 Å². The van der Waals surface area contributed by atoms with E-state index in [9.17, 15) is 0 Å². The first kappa shape index (κ1) is 35.6. The monoisotopic (exact) mass is 790 g/mol.